The quantitative estimate of drug-likeness (QED) is 0.592. The zero-order chi connectivity index (χ0) is 19.9. The lowest BCUT2D eigenvalue weighted by Gasteiger charge is -2.24. The van der Waals surface area contributed by atoms with Crippen molar-refractivity contribution in [3.63, 3.8) is 0 Å². The van der Waals surface area contributed by atoms with Gasteiger partial charge in [-0.3, -0.25) is 0 Å². The van der Waals surface area contributed by atoms with Gasteiger partial charge in [0.1, 0.15) is 5.75 Å². The van der Waals surface area contributed by atoms with Gasteiger partial charge in [-0.25, -0.2) is 9.59 Å². The molecule has 148 valence electrons. The van der Waals surface area contributed by atoms with Gasteiger partial charge in [0, 0.05) is 13.0 Å². The number of hydrogen-bond acceptors (Lipinski definition) is 6. The molecule has 1 aromatic heterocycles. The van der Waals surface area contributed by atoms with Crippen molar-refractivity contribution in [2.24, 2.45) is 0 Å². The van der Waals surface area contributed by atoms with Crippen LogP contribution in [0.25, 0.3) is 0 Å². The number of carbonyl (C=O) groups is 1. The van der Waals surface area contributed by atoms with Crippen LogP contribution in [0.15, 0.2) is 33.5 Å². The van der Waals surface area contributed by atoms with Crippen LogP contribution in [-0.2, 0) is 28.9 Å². The summed E-state index contributed by atoms with van der Waals surface area (Å²) in [5.74, 6) is 0.307. The van der Waals surface area contributed by atoms with Gasteiger partial charge < -0.3 is 13.9 Å². The van der Waals surface area contributed by atoms with Gasteiger partial charge in [0.05, 0.1) is 6.61 Å². The molecule has 2 aromatic rings. The standard InChI is InChI=1S/C20H28N2O5/c1-5-14-22-19(24)26-17(21-22)9-7-8-15-10-12-16(13-11-15)27-20(3,4)18(23)25-6-2/h10-13H,5-9,14H2,1-4H3. The van der Waals surface area contributed by atoms with E-state index in [1.807, 2.05) is 31.2 Å². The molecule has 0 saturated heterocycles. The monoisotopic (exact) mass is 376 g/mol. The molecule has 0 aliphatic rings. The average molecular weight is 376 g/mol. The summed E-state index contributed by atoms with van der Waals surface area (Å²) in [5, 5.41) is 4.19. The van der Waals surface area contributed by atoms with E-state index < -0.39 is 17.3 Å². The minimum absolute atomic E-state index is 0.321. The summed E-state index contributed by atoms with van der Waals surface area (Å²) in [7, 11) is 0. The zero-order valence-electron chi connectivity index (χ0n) is 16.5. The fourth-order valence-corrected chi connectivity index (χ4v) is 2.61. The van der Waals surface area contributed by atoms with Crippen LogP contribution in [-0.4, -0.2) is 28.0 Å². The lowest BCUT2D eigenvalue weighted by molar-refractivity contribution is -0.158. The molecule has 0 amide bonds. The number of aryl methyl sites for hydroxylation is 3. The number of aromatic nitrogens is 2. The SMILES string of the molecule is CCCn1nc(CCCc2ccc(OC(C)(C)C(=O)OCC)cc2)oc1=O. The van der Waals surface area contributed by atoms with E-state index in [9.17, 15) is 9.59 Å². The fraction of sp³-hybridized carbons (Fsp3) is 0.550. The first-order valence-corrected chi connectivity index (χ1v) is 9.37. The normalized spacial score (nSPS) is 11.4. The first-order valence-electron chi connectivity index (χ1n) is 9.37. The molecule has 0 atom stereocenters. The molecular formula is C20H28N2O5. The second-order valence-corrected chi connectivity index (χ2v) is 6.82. The molecule has 0 saturated carbocycles. The molecule has 0 radical (unpaired) electrons. The first kappa shape index (κ1) is 20.7. The van der Waals surface area contributed by atoms with Gasteiger partial charge in [0.25, 0.3) is 0 Å². The number of rotatable bonds is 10. The smallest absolute Gasteiger partial charge is 0.437 e. The van der Waals surface area contributed by atoms with Crippen molar-refractivity contribution in [1.29, 1.82) is 0 Å². The summed E-state index contributed by atoms with van der Waals surface area (Å²) in [6.45, 7) is 8.02. The van der Waals surface area contributed by atoms with Crippen molar-refractivity contribution in [2.45, 2.75) is 65.5 Å². The minimum Gasteiger partial charge on any atom is -0.476 e. The number of ether oxygens (including phenoxy) is 2. The Labute approximate surface area is 159 Å². The summed E-state index contributed by atoms with van der Waals surface area (Å²) in [6, 6.07) is 7.60. The molecule has 0 spiro atoms. The first-order chi connectivity index (χ1) is 12.9. The van der Waals surface area contributed by atoms with E-state index in [0.717, 1.165) is 24.8 Å². The molecule has 0 aliphatic carbocycles. The zero-order valence-corrected chi connectivity index (χ0v) is 16.5. The van der Waals surface area contributed by atoms with Crippen LogP contribution in [0.1, 0.15) is 52.0 Å². The second-order valence-electron chi connectivity index (χ2n) is 6.82. The van der Waals surface area contributed by atoms with Crippen LogP contribution in [0.3, 0.4) is 0 Å². The molecule has 0 unspecified atom stereocenters. The van der Waals surface area contributed by atoms with Crippen LogP contribution in [0, 0.1) is 0 Å². The van der Waals surface area contributed by atoms with Gasteiger partial charge in [0.15, 0.2) is 5.60 Å². The largest absolute Gasteiger partial charge is 0.476 e. The Morgan fingerprint density at radius 1 is 1.19 bits per heavy atom. The van der Waals surface area contributed by atoms with Gasteiger partial charge in [0.2, 0.25) is 5.89 Å². The Bertz CT molecular complexity index is 789. The molecule has 7 nitrogen and oxygen atoms in total. The third kappa shape index (κ3) is 5.98. The predicted octanol–water partition coefficient (Wildman–Crippen LogP) is 3.14. The topological polar surface area (TPSA) is 83.6 Å². The van der Waals surface area contributed by atoms with Crippen molar-refractivity contribution in [1.82, 2.24) is 9.78 Å². The second kappa shape index (κ2) is 9.39. The van der Waals surface area contributed by atoms with Crippen LogP contribution in [0.5, 0.6) is 5.75 Å². The highest BCUT2D eigenvalue weighted by molar-refractivity contribution is 5.79. The number of benzene rings is 1. The Balaban J connectivity index is 1.86. The summed E-state index contributed by atoms with van der Waals surface area (Å²) in [4.78, 5) is 23.5. The summed E-state index contributed by atoms with van der Waals surface area (Å²) >= 11 is 0. The molecule has 0 N–H and O–H groups in total. The van der Waals surface area contributed by atoms with Gasteiger partial charge in [-0.15, -0.1) is 5.10 Å². The Hall–Kier alpha value is -2.57. The van der Waals surface area contributed by atoms with Crippen LogP contribution in [0.2, 0.25) is 0 Å². The molecule has 7 heteroatoms. The van der Waals surface area contributed by atoms with Crippen LogP contribution < -0.4 is 10.5 Å². The third-order valence-electron chi connectivity index (χ3n) is 4.00. The molecule has 0 fully saturated rings. The van der Waals surface area contributed by atoms with Crippen molar-refractivity contribution >= 4 is 5.97 Å². The average Bonchev–Trinajstić information content (AvgIpc) is 2.96. The van der Waals surface area contributed by atoms with E-state index in [2.05, 4.69) is 5.10 Å². The lowest BCUT2D eigenvalue weighted by atomic mass is 10.1. The Kier molecular flexibility index (Phi) is 7.21. The van der Waals surface area contributed by atoms with Crippen molar-refractivity contribution in [2.75, 3.05) is 6.61 Å². The summed E-state index contributed by atoms with van der Waals surface area (Å²) in [6.07, 6.45) is 3.10. The molecule has 27 heavy (non-hydrogen) atoms. The van der Waals surface area contributed by atoms with E-state index in [1.165, 1.54) is 4.68 Å². The maximum Gasteiger partial charge on any atom is 0.437 e. The maximum atomic E-state index is 11.9. The molecule has 1 aromatic carbocycles. The van der Waals surface area contributed by atoms with Crippen molar-refractivity contribution in [3.8, 4) is 5.75 Å². The number of esters is 1. The highest BCUT2D eigenvalue weighted by atomic mass is 16.6. The maximum absolute atomic E-state index is 11.9. The molecule has 0 bridgehead atoms. The van der Waals surface area contributed by atoms with Gasteiger partial charge in [-0.05, 0) is 57.7 Å². The van der Waals surface area contributed by atoms with E-state index in [-0.39, 0.29) is 0 Å². The fourth-order valence-electron chi connectivity index (χ4n) is 2.61. The highest BCUT2D eigenvalue weighted by Crippen LogP contribution is 2.21. The van der Waals surface area contributed by atoms with E-state index >= 15 is 0 Å². The predicted molar refractivity (Wildman–Crippen MR) is 101 cm³/mol. The Morgan fingerprint density at radius 3 is 2.52 bits per heavy atom. The van der Waals surface area contributed by atoms with Gasteiger partial charge in [-0.1, -0.05) is 19.1 Å². The molecular weight excluding hydrogens is 348 g/mol. The van der Waals surface area contributed by atoms with E-state index in [1.54, 1.807) is 20.8 Å². The summed E-state index contributed by atoms with van der Waals surface area (Å²) < 4.78 is 17.3. The van der Waals surface area contributed by atoms with Crippen molar-refractivity contribution < 1.29 is 18.7 Å². The summed E-state index contributed by atoms with van der Waals surface area (Å²) in [5.41, 5.74) is 0.0958. The highest BCUT2D eigenvalue weighted by Gasteiger charge is 2.31. The molecule has 1 heterocycles. The van der Waals surface area contributed by atoms with E-state index in [0.29, 0.717) is 31.2 Å². The Morgan fingerprint density at radius 2 is 1.89 bits per heavy atom. The van der Waals surface area contributed by atoms with Crippen LogP contribution in [0.4, 0.5) is 0 Å². The van der Waals surface area contributed by atoms with Gasteiger partial charge >= 0.3 is 11.7 Å². The van der Waals surface area contributed by atoms with E-state index in [4.69, 9.17) is 13.9 Å². The molecule has 0 aliphatic heterocycles. The number of carbonyl (C=O) groups excluding carboxylic acids is 1. The molecule has 2 rings (SSSR count). The minimum atomic E-state index is -1.04. The number of nitrogens with zero attached hydrogens (tertiary/aromatic N) is 2. The van der Waals surface area contributed by atoms with Crippen LogP contribution >= 0.6 is 0 Å². The third-order valence-corrected chi connectivity index (χ3v) is 4.00. The lowest BCUT2D eigenvalue weighted by Crippen LogP contribution is -2.39. The number of hydrogen-bond donors (Lipinski definition) is 0. The van der Waals surface area contributed by atoms with Crippen molar-refractivity contribution in [3.05, 3.63) is 46.3 Å². The van der Waals surface area contributed by atoms with Gasteiger partial charge in [-0.2, -0.15) is 4.68 Å².